The van der Waals surface area contributed by atoms with Gasteiger partial charge in [0.1, 0.15) is 36.2 Å². The Balaban J connectivity index is 1.22. The summed E-state index contributed by atoms with van der Waals surface area (Å²) in [4.78, 5) is 34.8. The first-order chi connectivity index (χ1) is 25.3. The van der Waals surface area contributed by atoms with Crippen LogP contribution in [0.2, 0.25) is 0 Å². The van der Waals surface area contributed by atoms with Crippen molar-refractivity contribution in [3.63, 3.8) is 0 Å². The van der Waals surface area contributed by atoms with Crippen LogP contribution in [0.5, 0.6) is 23.0 Å². The molecule has 0 N–H and O–H groups in total. The highest BCUT2D eigenvalue weighted by Crippen LogP contribution is 2.20. The minimum absolute atomic E-state index is 0.0661. The van der Waals surface area contributed by atoms with E-state index in [1.165, 1.54) is 0 Å². The first-order valence-electron chi connectivity index (χ1n) is 16.7. The molecule has 1 aromatic heterocycles. The van der Waals surface area contributed by atoms with E-state index in [0.717, 1.165) is 45.3 Å². The summed E-state index contributed by atoms with van der Waals surface area (Å²) in [6, 6.07) is 35.4. The number of benzene rings is 4. The molecule has 4 aromatic carbocycles. The van der Waals surface area contributed by atoms with Gasteiger partial charge in [0.25, 0.3) is 0 Å². The standard InChI is InChI=1S/C41H43N3O8/c1-47-36-16-8-30(9-17-36)24-43(25-31-10-18-37(48-2)19-11-31)40(45)51-28-34-6-5-7-35(42-34)29-52-41(46)44(26-32-12-20-38(49-3)21-13-32)27-33-14-22-39(50-4)23-15-33/h5-23H,24-29H2,1-4H3. The van der Waals surface area contributed by atoms with E-state index in [1.807, 2.05) is 97.1 Å². The third-order valence-electron chi connectivity index (χ3n) is 8.20. The van der Waals surface area contributed by atoms with Crippen molar-refractivity contribution in [2.45, 2.75) is 39.4 Å². The highest BCUT2D eigenvalue weighted by molar-refractivity contribution is 5.68. The van der Waals surface area contributed by atoms with Gasteiger partial charge in [0.2, 0.25) is 0 Å². The van der Waals surface area contributed by atoms with Gasteiger partial charge in [-0.1, -0.05) is 54.6 Å². The molecule has 0 atom stereocenters. The Morgan fingerprint density at radius 2 is 0.712 bits per heavy atom. The van der Waals surface area contributed by atoms with Gasteiger partial charge in [-0.05, 0) is 82.9 Å². The van der Waals surface area contributed by atoms with Crippen LogP contribution in [-0.2, 0) is 48.9 Å². The normalized spacial score (nSPS) is 10.5. The molecular formula is C41H43N3O8. The molecule has 0 aliphatic carbocycles. The summed E-state index contributed by atoms with van der Waals surface area (Å²) in [6.07, 6.45) is -1.00. The number of methoxy groups -OCH3 is 4. The molecule has 0 fully saturated rings. The molecule has 11 nitrogen and oxygen atoms in total. The molecule has 11 heteroatoms. The zero-order valence-corrected chi connectivity index (χ0v) is 29.8. The molecule has 2 amide bonds. The molecule has 52 heavy (non-hydrogen) atoms. The van der Waals surface area contributed by atoms with Gasteiger partial charge in [-0.2, -0.15) is 0 Å². The number of hydrogen-bond donors (Lipinski definition) is 0. The Hall–Kier alpha value is -6.23. The van der Waals surface area contributed by atoms with Crippen LogP contribution < -0.4 is 18.9 Å². The highest BCUT2D eigenvalue weighted by atomic mass is 16.6. The second-order valence-corrected chi connectivity index (χ2v) is 11.8. The Kier molecular flexibility index (Phi) is 13.3. The lowest BCUT2D eigenvalue weighted by Gasteiger charge is -2.23. The monoisotopic (exact) mass is 705 g/mol. The minimum Gasteiger partial charge on any atom is -0.497 e. The maximum Gasteiger partial charge on any atom is 0.410 e. The maximum absolute atomic E-state index is 13.5. The maximum atomic E-state index is 13.5. The van der Waals surface area contributed by atoms with Crippen LogP contribution in [0.3, 0.4) is 0 Å². The van der Waals surface area contributed by atoms with Gasteiger partial charge >= 0.3 is 12.2 Å². The predicted octanol–water partition coefficient (Wildman–Crippen LogP) is 7.79. The first-order valence-corrected chi connectivity index (χ1v) is 16.7. The topological polar surface area (TPSA) is 109 Å². The highest BCUT2D eigenvalue weighted by Gasteiger charge is 2.19. The third kappa shape index (κ3) is 10.9. The number of ether oxygens (including phenoxy) is 6. The van der Waals surface area contributed by atoms with Gasteiger partial charge in [0, 0.05) is 26.2 Å². The number of nitrogens with zero attached hydrogens (tertiary/aromatic N) is 3. The fourth-order valence-corrected chi connectivity index (χ4v) is 5.32. The van der Waals surface area contributed by atoms with Crippen LogP contribution in [-0.4, -0.2) is 55.4 Å². The molecule has 270 valence electrons. The molecule has 0 saturated carbocycles. The summed E-state index contributed by atoms with van der Waals surface area (Å²) >= 11 is 0. The van der Waals surface area contributed by atoms with Crippen LogP contribution in [0.25, 0.3) is 0 Å². The van der Waals surface area contributed by atoms with Crippen molar-refractivity contribution >= 4 is 12.2 Å². The quantitative estimate of drug-likeness (QED) is 0.102. The molecular weight excluding hydrogens is 662 g/mol. The van der Waals surface area contributed by atoms with E-state index < -0.39 is 12.2 Å². The second-order valence-electron chi connectivity index (χ2n) is 11.8. The lowest BCUT2D eigenvalue weighted by Crippen LogP contribution is -2.31. The van der Waals surface area contributed by atoms with Crippen LogP contribution >= 0.6 is 0 Å². The summed E-state index contributed by atoms with van der Waals surface area (Å²) in [5, 5.41) is 0. The van der Waals surface area contributed by atoms with Crippen molar-refractivity contribution in [3.05, 3.63) is 149 Å². The molecule has 0 radical (unpaired) electrons. The summed E-state index contributed by atoms with van der Waals surface area (Å²) in [5.74, 6) is 2.91. The van der Waals surface area contributed by atoms with Crippen LogP contribution in [0.1, 0.15) is 33.6 Å². The van der Waals surface area contributed by atoms with Gasteiger partial charge in [-0.25, -0.2) is 9.59 Å². The van der Waals surface area contributed by atoms with E-state index in [4.69, 9.17) is 28.4 Å². The van der Waals surface area contributed by atoms with Crippen molar-refractivity contribution in [2.24, 2.45) is 0 Å². The Labute approximate surface area is 304 Å². The molecule has 0 bridgehead atoms. The Morgan fingerprint density at radius 3 is 0.962 bits per heavy atom. The number of carbonyl (C=O) groups is 2. The summed E-state index contributed by atoms with van der Waals surface area (Å²) < 4.78 is 32.6. The van der Waals surface area contributed by atoms with Crippen molar-refractivity contribution < 1.29 is 38.0 Å². The molecule has 5 rings (SSSR count). The smallest absolute Gasteiger partial charge is 0.410 e. The lowest BCUT2D eigenvalue weighted by atomic mass is 10.1. The molecule has 0 spiro atoms. The molecule has 0 unspecified atom stereocenters. The van der Waals surface area contributed by atoms with E-state index in [-0.39, 0.29) is 13.2 Å². The number of amides is 2. The molecule has 0 aliphatic rings. The Morgan fingerprint density at radius 1 is 0.442 bits per heavy atom. The third-order valence-corrected chi connectivity index (χ3v) is 8.20. The van der Waals surface area contributed by atoms with Crippen molar-refractivity contribution in [3.8, 4) is 23.0 Å². The van der Waals surface area contributed by atoms with E-state index in [0.29, 0.717) is 37.6 Å². The predicted molar refractivity (Wildman–Crippen MR) is 195 cm³/mol. The molecule has 0 saturated heterocycles. The number of aromatic nitrogens is 1. The second kappa shape index (κ2) is 18.7. The van der Waals surface area contributed by atoms with Gasteiger partial charge < -0.3 is 28.4 Å². The average molecular weight is 706 g/mol. The van der Waals surface area contributed by atoms with E-state index in [2.05, 4.69) is 4.98 Å². The fourth-order valence-electron chi connectivity index (χ4n) is 5.32. The molecule has 5 aromatic rings. The largest absolute Gasteiger partial charge is 0.497 e. The van der Waals surface area contributed by atoms with Gasteiger partial charge in [0.15, 0.2) is 0 Å². The molecule has 1 heterocycles. The van der Waals surface area contributed by atoms with Gasteiger partial charge in [-0.15, -0.1) is 0 Å². The SMILES string of the molecule is COc1ccc(CN(Cc2ccc(OC)cc2)C(=O)OCc2cccc(COC(=O)N(Cc3ccc(OC)cc3)Cc3ccc(OC)cc3)n2)cc1. The first kappa shape index (κ1) is 37.0. The van der Waals surface area contributed by atoms with E-state index >= 15 is 0 Å². The van der Waals surface area contributed by atoms with E-state index in [9.17, 15) is 9.59 Å². The van der Waals surface area contributed by atoms with Crippen LogP contribution in [0.15, 0.2) is 115 Å². The van der Waals surface area contributed by atoms with Crippen molar-refractivity contribution in [1.82, 2.24) is 14.8 Å². The summed E-state index contributed by atoms with van der Waals surface area (Å²) in [6.45, 7) is 1.15. The summed E-state index contributed by atoms with van der Waals surface area (Å²) in [7, 11) is 6.44. The number of rotatable bonds is 16. The van der Waals surface area contributed by atoms with Crippen LogP contribution in [0, 0.1) is 0 Å². The number of hydrogen-bond acceptors (Lipinski definition) is 9. The van der Waals surface area contributed by atoms with Crippen LogP contribution in [0.4, 0.5) is 9.59 Å². The average Bonchev–Trinajstić information content (AvgIpc) is 3.19. The number of pyridine rings is 1. The van der Waals surface area contributed by atoms with Crippen molar-refractivity contribution in [2.75, 3.05) is 28.4 Å². The zero-order valence-electron chi connectivity index (χ0n) is 29.8. The van der Waals surface area contributed by atoms with E-state index in [1.54, 1.807) is 56.4 Å². The van der Waals surface area contributed by atoms with Gasteiger partial charge in [-0.3, -0.25) is 14.8 Å². The lowest BCUT2D eigenvalue weighted by molar-refractivity contribution is 0.0878. The number of carbonyl (C=O) groups excluding carboxylic acids is 2. The minimum atomic E-state index is -0.502. The zero-order chi connectivity index (χ0) is 36.7. The Bertz CT molecular complexity index is 1630. The van der Waals surface area contributed by atoms with Crippen molar-refractivity contribution in [1.29, 1.82) is 0 Å². The molecule has 0 aliphatic heterocycles. The van der Waals surface area contributed by atoms with Gasteiger partial charge in [0.05, 0.1) is 39.8 Å². The fraction of sp³-hybridized carbons (Fsp3) is 0.244. The summed E-state index contributed by atoms with van der Waals surface area (Å²) in [5.41, 5.74) is 4.71.